The van der Waals surface area contributed by atoms with Crippen LogP contribution in [-0.2, 0) is 4.74 Å². The Bertz CT molecular complexity index is 418. The van der Waals surface area contributed by atoms with Gasteiger partial charge in [0.15, 0.2) is 0 Å². The van der Waals surface area contributed by atoms with Crippen LogP contribution in [0.15, 0.2) is 24.3 Å². The van der Waals surface area contributed by atoms with Gasteiger partial charge in [0, 0.05) is 13.1 Å². The van der Waals surface area contributed by atoms with Gasteiger partial charge in [-0.1, -0.05) is 23.7 Å². The Balaban J connectivity index is 1.99. The standard InChI is InChI=1S/C14H21ClN2O4/c15-12-4-1-2-5-13(12)21-9-3-6-16-14(19)17-7-10-20-11-8-18/h1-2,4-5,18H,3,6-11H2,(H2,16,17,19). The Labute approximate surface area is 129 Å². The molecule has 1 rings (SSSR count). The van der Waals surface area contributed by atoms with Gasteiger partial charge in [-0.25, -0.2) is 4.79 Å². The second kappa shape index (κ2) is 11.2. The number of benzene rings is 1. The minimum atomic E-state index is -0.250. The van der Waals surface area contributed by atoms with Crippen LogP contribution in [0.5, 0.6) is 5.75 Å². The van der Waals surface area contributed by atoms with Crippen LogP contribution in [0, 0.1) is 0 Å². The van der Waals surface area contributed by atoms with Crippen LogP contribution < -0.4 is 15.4 Å². The summed E-state index contributed by atoms with van der Waals surface area (Å²) >= 11 is 5.95. The molecule has 0 fully saturated rings. The maximum absolute atomic E-state index is 11.4. The number of hydrogen-bond acceptors (Lipinski definition) is 4. The van der Waals surface area contributed by atoms with Gasteiger partial charge >= 0.3 is 6.03 Å². The molecule has 0 bridgehead atoms. The molecule has 21 heavy (non-hydrogen) atoms. The molecule has 0 aliphatic heterocycles. The lowest BCUT2D eigenvalue weighted by Crippen LogP contribution is -2.38. The summed E-state index contributed by atoms with van der Waals surface area (Å²) in [4.78, 5) is 11.4. The first-order chi connectivity index (χ1) is 10.2. The lowest BCUT2D eigenvalue weighted by atomic mass is 10.3. The molecule has 0 spiro atoms. The number of para-hydroxylation sites is 1. The second-order valence-electron chi connectivity index (χ2n) is 4.15. The fraction of sp³-hybridized carbons (Fsp3) is 0.500. The SMILES string of the molecule is O=C(NCCCOc1ccccc1Cl)NCCOCCO. The summed E-state index contributed by atoms with van der Waals surface area (Å²) in [6.07, 6.45) is 0.680. The number of nitrogens with one attached hydrogen (secondary N) is 2. The highest BCUT2D eigenvalue weighted by Gasteiger charge is 2.01. The van der Waals surface area contributed by atoms with Crippen molar-refractivity contribution >= 4 is 17.6 Å². The van der Waals surface area contributed by atoms with Crippen molar-refractivity contribution in [2.24, 2.45) is 0 Å². The Morgan fingerprint density at radius 3 is 2.67 bits per heavy atom. The van der Waals surface area contributed by atoms with E-state index in [-0.39, 0.29) is 19.2 Å². The topological polar surface area (TPSA) is 79.8 Å². The minimum absolute atomic E-state index is 0.0162. The predicted octanol–water partition coefficient (Wildman–Crippen LogP) is 1.42. The zero-order chi connectivity index (χ0) is 15.3. The van der Waals surface area contributed by atoms with Crippen molar-refractivity contribution in [3.8, 4) is 5.75 Å². The number of rotatable bonds is 10. The molecule has 1 aromatic carbocycles. The Hall–Kier alpha value is -1.50. The van der Waals surface area contributed by atoms with E-state index < -0.39 is 0 Å². The van der Waals surface area contributed by atoms with Gasteiger partial charge in [-0.05, 0) is 18.6 Å². The van der Waals surface area contributed by atoms with E-state index in [4.69, 9.17) is 26.2 Å². The highest BCUT2D eigenvalue weighted by Crippen LogP contribution is 2.22. The largest absolute Gasteiger partial charge is 0.492 e. The van der Waals surface area contributed by atoms with E-state index in [9.17, 15) is 4.79 Å². The lowest BCUT2D eigenvalue weighted by molar-refractivity contribution is 0.0947. The van der Waals surface area contributed by atoms with Crippen LogP contribution >= 0.6 is 11.6 Å². The summed E-state index contributed by atoms with van der Waals surface area (Å²) < 4.78 is 10.5. The molecule has 0 aromatic heterocycles. The van der Waals surface area contributed by atoms with Gasteiger partial charge < -0.3 is 25.2 Å². The van der Waals surface area contributed by atoms with Gasteiger partial charge in [0.1, 0.15) is 5.75 Å². The average molecular weight is 317 g/mol. The molecule has 1 aromatic rings. The smallest absolute Gasteiger partial charge is 0.314 e. The lowest BCUT2D eigenvalue weighted by Gasteiger charge is -2.09. The zero-order valence-electron chi connectivity index (χ0n) is 11.8. The average Bonchev–Trinajstić information content (AvgIpc) is 2.48. The summed E-state index contributed by atoms with van der Waals surface area (Å²) in [5.74, 6) is 0.643. The van der Waals surface area contributed by atoms with Crippen molar-refractivity contribution < 1.29 is 19.4 Å². The quantitative estimate of drug-likeness (QED) is 0.570. The number of urea groups is 1. The molecule has 0 heterocycles. The third-order valence-electron chi connectivity index (χ3n) is 2.47. The van der Waals surface area contributed by atoms with E-state index in [1.165, 1.54) is 0 Å². The molecule has 7 heteroatoms. The second-order valence-corrected chi connectivity index (χ2v) is 4.56. The maximum atomic E-state index is 11.4. The van der Waals surface area contributed by atoms with Crippen LogP contribution in [0.2, 0.25) is 5.02 Å². The molecule has 118 valence electrons. The zero-order valence-corrected chi connectivity index (χ0v) is 12.6. The van der Waals surface area contributed by atoms with E-state index in [0.717, 1.165) is 0 Å². The van der Waals surface area contributed by atoms with Crippen molar-refractivity contribution in [1.82, 2.24) is 10.6 Å². The van der Waals surface area contributed by atoms with E-state index in [2.05, 4.69) is 10.6 Å². The Kier molecular flexibility index (Phi) is 9.35. The third-order valence-corrected chi connectivity index (χ3v) is 2.78. The van der Waals surface area contributed by atoms with Crippen LogP contribution in [0.3, 0.4) is 0 Å². The molecular formula is C14H21ClN2O4. The number of aliphatic hydroxyl groups is 1. The number of hydrogen-bond donors (Lipinski definition) is 3. The number of ether oxygens (including phenoxy) is 2. The van der Waals surface area contributed by atoms with Crippen molar-refractivity contribution in [2.45, 2.75) is 6.42 Å². The van der Waals surface area contributed by atoms with Gasteiger partial charge in [0.05, 0.1) is 31.5 Å². The number of amides is 2. The number of halogens is 1. The molecule has 2 amide bonds. The van der Waals surface area contributed by atoms with Crippen molar-refractivity contribution in [1.29, 1.82) is 0 Å². The molecular weight excluding hydrogens is 296 g/mol. The predicted molar refractivity (Wildman–Crippen MR) is 80.9 cm³/mol. The normalized spacial score (nSPS) is 10.2. The molecule has 6 nitrogen and oxygen atoms in total. The first kappa shape index (κ1) is 17.6. The van der Waals surface area contributed by atoms with Crippen LogP contribution in [-0.4, -0.2) is 50.7 Å². The van der Waals surface area contributed by atoms with Gasteiger partial charge in [-0.3, -0.25) is 0 Å². The fourth-order valence-electron chi connectivity index (χ4n) is 1.48. The summed E-state index contributed by atoms with van der Waals surface area (Å²) in [7, 11) is 0. The Morgan fingerprint density at radius 1 is 1.14 bits per heavy atom. The number of carbonyl (C=O) groups is 1. The monoisotopic (exact) mass is 316 g/mol. The highest BCUT2D eigenvalue weighted by atomic mass is 35.5. The first-order valence-electron chi connectivity index (χ1n) is 6.81. The maximum Gasteiger partial charge on any atom is 0.314 e. The molecule has 0 unspecified atom stereocenters. The highest BCUT2D eigenvalue weighted by molar-refractivity contribution is 6.32. The van der Waals surface area contributed by atoms with Crippen molar-refractivity contribution in [2.75, 3.05) is 39.5 Å². The van der Waals surface area contributed by atoms with Crippen molar-refractivity contribution in [3.05, 3.63) is 29.3 Å². The van der Waals surface area contributed by atoms with Crippen LogP contribution in [0.1, 0.15) is 6.42 Å². The summed E-state index contributed by atoms with van der Waals surface area (Å²) in [6, 6.07) is 7.01. The van der Waals surface area contributed by atoms with Crippen molar-refractivity contribution in [3.63, 3.8) is 0 Å². The van der Waals surface area contributed by atoms with Gasteiger partial charge in [0.2, 0.25) is 0 Å². The molecule has 0 aliphatic carbocycles. The summed E-state index contributed by atoms with van der Waals surface area (Å²) in [5, 5.41) is 14.4. The summed E-state index contributed by atoms with van der Waals surface area (Å²) in [5.41, 5.74) is 0. The molecule has 0 saturated carbocycles. The van der Waals surface area contributed by atoms with E-state index in [1.54, 1.807) is 12.1 Å². The molecule has 3 N–H and O–H groups in total. The first-order valence-corrected chi connectivity index (χ1v) is 7.19. The molecule has 0 radical (unpaired) electrons. The fourth-order valence-corrected chi connectivity index (χ4v) is 1.67. The minimum Gasteiger partial charge on any atom is -0.492 e. The number of aliphatic hydroxyl groups excluding tert-OH is 1. The van der Waals surface area contributed by atoms with E-state index in [0.29, 0.717) is 43.5 Å². The van der Waals surface area contributed by atoms with Gasteiger partial charge in [-0.15, -0.1) is 0 Å². The molecule has 0 aliphatic rings. The van der Waals surface area contributed by atoms with E-state index >= 15 is 0 Å². The van der Waals surface area contributed by atoms with E-state index in [1.807, 2.05) is 12.1 Å². The van der Waals surface area contributed by atoms with Crippen LogP contribution in [0.25, 0.3) is 0 Å². The molecule has 0 saturated heterocycles. The van der Waals surface area contributed by atoms with Crippen LogP contribution in [0.4, 0.5) is 4.79 Å². The van der Waals surface area contributed by atoms with Gasteiger partial charge in [0.25, 0.3) is 0 Å². The molecule has 0 atom stereocenters. The number of carbonyl (C=O) groups excluding carboxylic acids is 1. The Morgan fingerprint density at radius 2 is 1.90 bits per heavy atom. The van der Waals surface area contributed by atoms with Gasteiger partial charge in [-0.2, -0.15) is 0 Å². The third kappa shape index (κ3) is 8.39. The summed E-state index contributed by atoms with van der Waals surface area (Å²) in [6.45, 7) is 2.03.